The van der Waals surface area contributed by atoms with Crippen molar-refractivity contribution in [3.05, 3.63) is 33.8 Å². The van der Waals surface area contributed by atoms with Gasteiger partial charge in [0.15, 0.2) is 0 Å². The zero-order valence-corrected chi connectivity index (χ0v) is 10.5. The predicted octanol–water partition coefficient (Wildman–Crippen LogP) is 3.12. The molecule has 0 spiro atoms. The molecule has 0 aliphatic carbocycles. The van der Waals surface area contributed by atoms with Gasteiger partial charge in [-0.25, -0.2) is 0 Å². The van der Waals surface area contributed by atoms with E-state index < -0.39 is 0 Å². The van der Waals surface area contributed by atoms with E-state index in [1.165, 1.54) is 12.8 Å². The highest BCUT2D eigenvalue weighted by molar-refractivity contribution is 6.42. The minimum Gasteiger partial charge on any atom is -0.394 e. The summed E-state index contributed by atoms with van der Waals surface area (Å²) in [5.74, 6) is 0. The summed E-state index contributed by atoms with van der Waals surface area (Å²) in [6.07, 6.45) is 2.41. The van der Waals surface area contributed by atoms with Crippen molar-refractivity contribution in [1.29, 1.82) is 0 Å². The average Bonchev–Trinajstić information content (AvgIpc) is 2.78. The minimum absolute atomic E-state index is 0.0530. The average molecular weight is 260 g/mol. The zero-order chi connectivity index (χ0) is 11.5. The second-order valence-corrected chi connectivity index (χ2v) is 4.93. The van der Waals surface area contributed by atoms with Gasteiger partial charge in [-0.15, -0.1) is 0 Å². The van der Waals surface area contributed by atoms with Gasteiger partial charge in [-0.3, -0.25) is 4.90 Å². The van der Waals surface area contributed by atoms with Gasteiger partial charge in [-0.2, -0.15) is 0 Å². The summed E-state index contributed by atoms with van der Waals surface area (Å²) in [6, 6.07) is 5.63. The lowest BCUT2D eigenvalue weighted by Gasteiger charge is -2.26. The van der Waals surface area contributed by atoms with Crippen LogP contribution < -0.4 is 0 Å². The van der Waals surface area contributed by atoms with E-state index in [-0.39, 0.29) is 12.6 Å². The molecule has 1 aromatic rings. The molecular formula is C12H15Cl2NO. The Balaban J connectivity index is 2.22. The van der Waals surface area contributed by atoms with Crippen LogP contribution in [0.4, 0.5) is 0 Å². The molecule has 0 bridgehead atoms. The molecule has 4 heteroatoms. The summed E-state index contributed by atoms with van der Waals surface area (Å²) >= 11 is 11.9. The fourth-order valence-corrected chi connectivity index (χ4v) is 2.51. The Morgan fingerprint density at radius 2 is 1.88 bits per heavy atom. The molecule has 2 nitrogen and oxygen atoms in total. The van der Waals surface area contributed by atoms with Crippen LogP contribution in [0.1, 0.15) is 24.4 Å². The standard InChI is InChI=1S/C12H15Cl2NO/c13-10-4-3-9(7-11(10)14)12(8-16)15-5-1-2-6-15/h3-4,7,12,16H,1-2,5-6,8H2. The summed E-state index contributed by atoms with van der Waals surface area (Å²) in [7, 11) is 0. The molecule has 0 radical (unpaired) electrons. The summed E-state index contributed by atoms with van der Waals surface area (Å²) in [4.78, 5) is 2.29. The first-order valence-corrected chi connectivity index (χ1v) is 6.28. The van der Waals surface area contributed by atoms with E-state index in [0.717, 1.165) is 18.7 Å². The van der Waals surface area contributed by atoms with Crippen molar-refractivity contribution < 1.29 is 5.11 Å². The number of rotatable bonds is 3. The number of likely N-dealkylation sites (tertiary alicyclic amines) is 1. The molecule has 2 rings (SSSR count). The van der Waals surface area contributed by atoms with Crippen LogP contribution in [0.15, 0.2) is 18.2 Å². The number of halogens is 2. The van der Waals surface area contributed by atoms with Crippen molar-refractivity contribution in [2.45, 2.75) is 18.9 Å². The third kappa shape index (κ3) is 2.51. The molecule has 1 heterocycles. The van der Waals surface area contributed by atoms with E-state index in [4.69, 9.17) is 23.2 Å². The van der Waals surface area contributed by atoms with Gasteiger partial charge in [0.05, 0.1) is 22.7 Å². The molecule has 0 amide bonds. The highest BCUT2D eigenvalue weighted by Gasteiger charge is 2.22. The van der Waals surface area contributed by atoms with Crippen LogP contribution in [-0.4, -0.2) is 29.7 Å². The van der Waals surface area contributed by atoms with Gasteiger partial charge in [0.25, 0.3) is 0 Å². The maximum atomic E-state index is 9.48. The van der Waals surface area contributed by atoms with E-state index in [2.05, 4.69) is 4.90 Å². The Bertz CT molecular complexity index is 364. The third-order valence-electron chi connectivity index (χ3n) is 3.08. The Kier molecular flexibility index (Phi) is 4.09. The Morgan fingerprint density at radius 1 is 1.19 bits per heavy atom. The molecule has 1 fully saturated rings. The number of nitrogens with zero attached hydrogens (tertiary/aromatic N) is 1. The maximum absolute atomic E-state index is 9.48. The molecule has 0 aromatic heterocycles. The zero-order valence-electron chi connectivity index (χ0n) is 9.00. The van der Waals surface area contributed by atoms with Gasteiger partial charge in [0, 0.05) is 0 Å². The smallest absolute Gasteiger partial charge is 0.0628 e. The summed E-state index contributed by atoms with van der Waals surface area (Å²) in [5, 5.41) is 10.6. The van der Waals surface area contributed by atoms with Crippen molar-refractivity contribution >= 4 is 23.2 Å². The quantitative estimate of drug-likeness (QED) is 0.902. The SMILES string of the molecule is OCC(c1ccc(Cl)c(Cl)c1)N1CCCC1. The molecule has 0 saturated carbocycles. The van der Waals surface area contributed by atoms with Crippen LogP contribution in [0, 0.1) is 0 Å². The molecule has 1 atom stereocenters. The van der Waals surface area contributed by atoms with E-state index in [1.54, 1.807) is 6.07 Å². The van der Waals surface area contributed by atoms with Crippen LogP contribution in [0.25, 0.3) is 0 Å². The third-order valence-corrected chi connectivity index (χ3v) is 3.82. The number of aliphatic hydroxyl groups excluding tert-OH is 1. The van der Waals surface area contributed by atoms with Crippen LogP contribution in [0.2, 0.25) is 10.0 Å². The van der Waals surface area contributed by atoms with E-state index >= 15 is 0 Å². The van der Waals surface area contributed by atoms with Gasteiger partial charge in [0.1, 0.15) is 0 Å². The van der Waals surface area contributed by atoms with Crippen LogP contribution in [0.3, 0.4) is 0 Å². The maximum Gasteiger partial charge on any atom is 0.0628 e. The second-order valence-electron chi connectivity index (χ2n) is 4.11. The highest BCUT2D eigenvalue weighted by Crippen LogP contribution is 2.29. The minimum atomic E-state index is 0.0530. The fraction of sp³-hybridized carbons (Fsp3) is 0.500. The summed E-state index contributed by atoms with van der Waals surface area (Å²) in [6.45, 7) is 2.22. The molecule has 1 aliphatic rings. The second kappa shape index (κ2) is 5.37. The monoisotopic (exact) mass is 259 g/mol. The molecule has 1 unspecified atom stereocenters. The first kappa shape index (κ1) is 12.2. The molecular weight excluding hydrogens is 245 g/mol. The van der Waals surface area contributed by atoms with E-state index in [0.29, 0.717) is 10.0 Å². The van der Waals surface area contributed by atoms with Crippen molar-refractivity contribution in [2.75, 3.05) is 19.7 Å². The Morgan fingerprint density at radius 3 is 2.44 bits per heavy atom. The van der Waals surface area contributed by atoms with E-state index in [9.17, 15) is 5.11 Å². The van der Waals surface area contributed by atoms with Crippen LogP contribution >= 0.6 is 23.2 Å². The molecule has 1 aromatic carbocycles. The van der Waals surface area contributed by atoms with Crippen molar-refractivity contribution in [3.8, 4) is 0 Å². The molecule has 88 valence electrons. The van der Waals surface area contributed by atoms with Gasteiger partial charge in [-0.1, -0.05) is 29.3 Å². The summed E-state index contributed by atoms with van der Waals surface area (Å²) < 4.78 is 0. The van der Waals surface area contributed by atoms with E-state index in [1.807, 2.05) is 12.1 Å². The van der Waals surface area contributed by atoms with Gasteiger partial charge in [0.2, 0.25) is 0 Å². The van der Waals surface area contributed by atoms with Crippen LogP contribution in [0.5, 0.6) is 0 Å². The van der Waals surface area contributed by atoms with Gasteiger partial charge >= 0.3 is 0 Å². The number of hydrogen-bond donors (Lipinski definition) is 1. The molecule has 1 saturated heterocycles. The molecule has 1 N–H and O–H groups in total. The lowest BCUT2D eigenvalue weighted by atomic mass is 10.1. The van der Waals surface area contributed by atoms with Crippen LogP contribution in [-0.2, 0) is 0 Å². The lowest BCUT2D eigenvalue weighted by molar-refractivity contribution is 0.147. The topological polar surface area (TPSA) is 23.5 Å². The van der Waals surface area contributed by atoms with Crippen molar-refractivity contribution in [1.82, 2.24) is 4.90 Å². The number of aliphatic hydroxyl groups is 1. The fourth-order valence-electron chi connectivity index (χ4n) is 2.20. The first-order valence-electron chi connectivity index (χ1n) is 5.52. The normalized spacial score (nSPS) is 18.9. The highest BCUT2D eigenvalue weighted by atomic mass is 35.5. The number of hydrogen-bond acceptors (Lipinski definition) is 2. The van der Waals surface area contributed by atoms with Crippen molar-refractivity contribution in [2.24, 2.45) is 0 Å². The summed E-state index contributed by atoms with van der Waals surface area (Å²) in [5.41, 5.74) is 1.04. The first-order chi connectivity index (χ1) is 7.72. The van der Waals surface area contributed by atoms with Gasteiger partial charge in [-0.05, 0) is 43.6 Å². The van der Waals surface area contributed by atoms with Crippen molar-refractivity contribution in [3.63, 3.8) is 0 Å². The Hall–Kier alpha value is -0.280. The predicted molar refractivity (Wildman–Crippen MR) is 67.1 cm³/mol. The Labute approximate surface area is 106 Å². The number of benzene rings is 1. The molecule has 16 heavy (non-hydrogen) atoms. The van der Waals surface area contributed by atoms with Gasteiger partial charge < -0.3 is 5.11 Å². The lowest BCUT2D eigenvalue weighted by Crippen LogP contribution is -2.28. The molecule has 1 aliphatic heterocycles. The largest absolute Gasteiger partial charge is 0.394 e.